The van der Waals surface area contributed by atoms with Crippen molar-refractivity contribution < 1.29 is 0 Å². The Morgan fingerprint density at radius 2 is 0.831 bits per heavy atom. The fraction of sp³-hybridized carbons (Fsp3) is 0.0182. The fourth-order valence-corrected chi connectivity index (χ4v) is 15.4. The summed E-state index contributed by atoms with van der Waals surface area (Å²) in [4.78, 5) is 4.87. The molecule has 0 amide bonds. The van der Waals surface area contributed by atoms with Crippen molar-refractivity contribution in [1.82, 2.24) is 0 Å². The SMILES string of the molecule is c1ccc(N(c2ccccc2)c2cccc([Si](c3ccccc3)(c3ccccc3)c3ccc(N(c4ccccc4)c4ccc5c(c4)sc4ccccc45)c4c3C4)c2)cc1. The van der Waals surface area contributed by atoms with E-state index in [9.17, 15) is 0 Å². The fourth-order valence-electron chi connectivity index (χ4n) is 9.24. The van der Waals surface area contributed by atoms with Crippen molar-refractivity contribution in [2.75, 3.05) is 9.80 Å². The molecule has 9 aromatic carbocycles. The molecule has 1 aliphatic carbocycles. The molecular formula is C55H40N2SSi. The first-order chi connectivity index (χ1) is 29.3. The Balaban J connectivity index is 1.12. The maximum Gasteiger partial charge on any atom is 0.180 e. The highest BCUT2D eigenvalue weighted by Gasteiger charge is 2.46. The van der Waals surface area contributed by atoms with Crippen LogP contribution in [0.2, 0.25) is 0 Å². The van der Waals surface area contributed by atoms with Gasteiger partial charge in [0.25, 0.3) is 0 Å². The third-order valence-corrected chi connectivity index (χ3v) is 17.9. The molecule has 0 unspecified atom stereocenters. The smallest absolute Gasteiger partial charge is 0.180 e. The third-order valence-electron chi connectivity index (χ3n) is 11.9. The lowest BCUT2D eigenvalue weighted by molar-refractivity contribution is 1.28. The molecule has 0 N–H and O–H groups in total. The van der Waals surface area contributed by atoms with E-state index >= 15 is 0 Å². The van der Waals surface area contributed by atoms with Crippen molar-refractivity contribution in [3.63, 3.8) is 0 Å². The highest BCUT2D eigenvalue weighted by atomic mass is 32.1. The second-order valence-corrected chi connectivity index (χ2v) is 20.1. The van der Waals surface area contributed by atoms with Crippen LogP contribution in [0.3, 0.4) is 0 Å². The van der Waals surface area contributed by atoms with Gasteiger partial charge in [-0.25, -0.2) is 0 Å². The van der Waals surface area contributed by atoms with Gasteiger partial charge in [0.05, 0.1) is 0 Å². The van der Waals surface area contributed by atoms with E-state index in [4.69, 9.17) is 0 Å². The summed E-state index contributed by atoms with van der Waals surface area (Å²) in [6.45, 7) is 0. The number of rotatable bonds is 10. The van der Waals surface area contributed by atoms with E-state index in [-0.39, 0.29) is 0 Å². The zero-order valence-corrected chi connectivity index (χ0v) is 34.3. The Bertz CT molecular complexity index is 3000. The highest BCUT2D eigenvalue weighted by molar-refractivity contribution is 7.25. The third kappa shape index (κ3) is 6.08. The number of thiophene rings is 1. The number of hydrogen-bond donors (Lipinski definition) is 0. The van der Waals surface area contributed by atoms with Crippen LogP contribution in [-0.4, -0.2) is 8.07 Å². The van der Waals surface area contributed by atoms with Gasteiger partial charge < -0.3 is 9.80 Å². The Hall–Kier alpha value is -6.98. The number of hydrogen-bond acceptors (Lipinski definition) is 3. The molecular weight excluding hydrogens is 749 g/mol. The van der Waals surface area contributed by atoms with E-state index in [2.05, 4.69) is 240 Å². The predicted molar refractivity (Wildman–Crippen MR) is 255 cm³/mol. The summed E-state index contributed by atoms with van der Waals surface area (Å²) in [6.07, 6.45) is 0.959. The molecule has 0 saturated heterocycles. The largest absolute Gasteiger partial charge is 0.311 e. The average molecular weight is 789 g/mol. The van der Waals surface area contributed by atoms with Crippen molar-refractivity contribution in [2.24, 2.45) is 0 Å². The summed E-state index contributed by atoms with van der Waals surface area (Å²) in [5, 5.41) is 8.23. The van der Waals surface area contributed by atoms with E-state index in [0.29, 0.717) is 0 Å². The molecule has 0 saturated carbocycles. The molecule has 10 aromatic rings. The first-order valence-electron chi connectivity index (χ1n) is 20.3. The molecule has 4 heteroatoms. The molecule has 0 fully saturated rings. The van der Waals surface area contributed by atoms with E-state index in [1.807, 2.05) is 11.3 Å². The normalized spacial score (nSPS) is 12.0. The lowest BCUT2D eigenvalue weighted by Crippen LogP contribution is -2.75. The minimum absolute atomic E-state index is 0.959. The molecule has 2 nitrogen and oxygen atoms in total. The molecule has 0 atom stereocenters. The summed E-state index contributed by atoms with van der Waals surface area (Å²) in [6, 6.07) is 85.1. The first kappa shape index (κ1) is 35.2. The van der Waals surface area contributed by atoms with Gasteiger partial charge in [-0.2, -0.15) is 0 Å². The summed E-state index contributed by atoms with van der Waals surface area (Å²) in [5.74, 6) is 0. The van der Waals surface area contributed by atoms with Gasteiger partial charge in [0.1, 0.15) is 0 Å². The molecule has 1 aliphatic rings. The first-order valence-corrected chi connectivity index (χ1v) is 23.1. The standard InChI is InChI=1S/C55H40N2SSi/c1-6-19-40(20-7-1)56(41-21-8-2-9-22-41)43-25-18-30-47(37-43)59(45-26-12-4-13-27-45,46-28-14-5-15-29-46)55-36-35-52(50-39-51(50)55)57(42-23-10-3-11-24-42)44-33-34-49-48-31-16-17-32-53(48)58-54(49)38-44/h1-38H,39H2. The van der Waals surface area contributed by atoms with Crippen LogP contribution in [0, 0.1) is 0 Å². The van der Waals surface area contributed by atoms with Gasteiger partial charge in [-0.05, 0) is 105 Å². The lowest BCUT2D eigenvalue weighted by Gasteiger charge is -2.36. The molecule has 11 rings (SSSR count). The number of para-hydroxylation sites is 3. The minimum atomic E-state index is -2.89. The zero-order chi connectivity index (χ0) is 39.2. The van der Waals surface area contributed by atoms with Gasteiger partial charge in [0, 0.05) is 60.7 Å². The van der Waals surface area contributed by atoms with Crippen LogP contribution in [0.5, 0.6) is 0 Å². The molecule has 1 aromatic heterocycles. The molecule has 1 heterocycles. The molecule has 0 bridgehead atoms. The van der Waals surface area contributed by atoms with Gasteiger partial charge in [-0.1, -0.05) is 158 Å². The Morgan fingerprint density at radius 3 is 1.46 bits per heavy atom. The van der Waals surface area contributed by atoms with Crippen molar-refractivity contribution in [3.05, 3.63) is 242 Å². The number of benzene rings is 9. The Kier molecular flexibility index (Phi) is 8.80. The van der Waals surface area contributed by atoms with E-state index in [1.165, 1.54) is 69.1 Å². The molecule has 0 spiro atoms. The summed E-state index contributed by atoms with van der Waals surface area (Å²) >= 11 is 1.88. The van der Waals surface area contributed by atoms with Crippen molar-refractivity contribution in [3.8, 4) is 0 Å². The maximum atomic E-state index is 2.49. The second-order valence-electron chi connectivity index (χ2n) is 15.3. The number of nitrogens with zero attached hydrogens (tertiary/aromatic N) is 2. The van der Waals surface area contributed by atoms with Gasteiger partial charge in [0.15, 0.2) is 8.07 Å². The number of anilines is 6. The predicted octanol–water partition coefficient (Wildman–Crippen LogP) is 12.3. The lowest BCUT2D eigenvalue weighted by atomic mass is 10.1. The van der Waals surface area contributed by atoms with Gasteiger partial charge in [0.2, 0.25) is 0 Å². The summed E-state index contributed by atoms with van der Waals surface area (Å²) in [7, 11) is -2.89. The average Bonchev–Trinajstić information content (AvgIpc) is 4.03. The maximum absolute atomic E-state index is 2.89. The van der Waals surface area contributed by atoms with Crippen LogP contribution >= 0.6 is 11.3 Å². The van der Waals surface area contributed by atoms with Gasteiger partial charge >= 0.3 is 0 Å². The van der Waals surface area contributed by atoms with Crippen LogP contribution in [-0.2, 0) is 6.42 Å². The Labute approximate surface area is 350 Å². The van der Waals surface area contributed by atoms with Gasteiger partial charge in [-0.15, -0.1) is 11.3 Å². The van der Waals surface area contributed by atoms with Crippen LogP contribution in [0.4, 0.5) is 34.1 Å². The second kappa shape index (κ2) is 14.8. The topological polar surface area (TPSA) is 6.48 Å². The highest BCUT2D eigenvalue weighted by Crippen LogP contribution is 2.46. The molecule has 0 aliphatic heterocycles. The van der Waals surface area contributed by atoms with Crippen molar-refractivity contribution >= 4 is 94.5 Å². The van der Waals surface area contributed by atoms with Crippen LogP contribution < -0.4 is 30.5 Å². The molecule has 0 radical (unpaired) electrons. The number of fused-ring (bicyclic) bond motifs is 4. The summed E-state index contributed by atoms with van der Waals surface area (Å²) < 4.78 is 2.63. The molecule has 59 heavy (non-hydrogen) atoms. The van der Waals surface area contributed by atoms with Crippen LogP contribution in [0.25, 0.3) is 20.2 Å². The van der Waals surface area contributed by atoms with E-state index in [1.54, 1.807) is 0 Å². The monoisotopic (exact) mass is 788 g/mol. The van der Waals surface area contributed by atoms with Gasteiger partial charge in [-0.3, -0.25) is 0 Å². The van der Waals surface area contributed by atoms with Crippen molar-refractivity contribution in [1.29, 1.82) is 0 Å². The van der Waals surface area contributed by atoms with E-state index < -0.39 is 8.07 Å². The van der Waals surface area contributed by atoms with Crippen LogP contribution in [0.15, 0.2) is 231 Å². The zero-order valence-electron chi connectivity index (χ0n) is 32.4. The summed E-state index contributed by atoms with van der Waals surface area (Å²) in [5.41, 5.74) is 9.92. The van der Waals surface area contributed by atoms with Crippen LogP contribution in [0.1, 0.15) is 11.1 Å². The van der Waals surface area contributed by atoms with E-state index in [0.717, 1.165) is 23.5 Å². The Morgan fingerprint density at radius 1 is 0.339 bits per heavy atom. The van der Waals surface area contributed by atoms with Crippen molar-refractivity contribution in [2.45, 2.75) is 6.42 Å². The quantitative estimate of drug-likeness (QED) is 0.101. The minimum Gasteiger partial charge on any atom is -0.311 e. The molecule has 280 valence electrons.